The van der Waals surface area contributed by atoms with Gasteiger partial charge in [-0.05, 0) is 80.9 Å². The van der Waals surface area contributed by atoms with Crippen molar-refractivity contribution in [3.05, 3.63) is 35.5 Å². The lowest BCUT2D eigenvalue weighted by Gasteiger charge is -2.57. The molecule has 0 amide bonds. The Labute approximate surface area is 175 Å². The van der Waals surface area contributed by atoms with Crippen LogP contribution in [-0.2, 0) is 0 Å². The second-order valence-electron chi connectivity index (χ2n) is 9.50. The van der Waals surface area contributed by atoms with Crippen molar-refractivity contribution in [3.63, 3.8) is 0 Å². The Bertz CT molecular complexity index is 1040. The number of rotatable bonds is 4. The Balaban J connectivity index is 1.44. The monoisotopic (exact) mass is 405 g/mol. The third kappa shape index (κ3) is 2.93. The molecular formula is C24H27N3OS. The van der Waals surface area contributed by atoms with Crippen LogP contribution in [0.15, 0.2) is 29.6 Å². The van der Waals surface area contributed by atoms with Crippen molar-refractivity contribution in [2.45, 2.75) is 51.0 Å². The van der Waals surface area contributed by atoms with Crippen LogP contribution in [0, 0.1) is 24.7 Å². The number of anilines is 1. The molecule has 4 saturated carbocycles. The molecule has 5 heteroatoms. The van der Waals surface area contributed by atoms with Gasteiger partial charge in [-0.3, -0.25) is 0 Å². The predicted octanol–water partition coefficient (Wildman–Crippen LogP) is 6.06. The zero-order valence-electron chi connectivity index (χ0n) is 17.1. The summed E-state index contributed by atoms with van der Waals surface area (Å²) in [5.41, 5.74) is 2.65. The second-order valence-corrected chi connectivity index (χ2v) is 10.4. The fourth-order valence-electron chi connectivity index (χ4n) is 6.64. The van der Waals surface area contributed by atoms with Gasteiger partial charge in [0.2, 0.25) is 0 Å². The van der Waals surface area contributed by atoms with Crippen LogP contribution in [-0.4, -0.2) is 22.6 Å². The van der Waals surface area contributed by atoms with Gasteiger partial charge >= 0.3 is 0 Å². The summed E-state index contributed by atoms with van der Waals surface area (Å²) >= 11 is 1.72. The van der Waals surface area contributed by atoms with Crippen LogP contribution in [0.2, 0.25) is 0 Å². The summed E-state index contributed by atoms with van der Waals surface area (Å²) in [6.07, 6.45) is 8.29. The Morgan fingerprint density at radius 1 is 1.00 bits per heavy atom. The van der Waals surface area contributed by atoms with E-state index in [-0.39, 0.29) is 5.54 Å². The molecule has 4 fully saturated rings. The lowest BCUT2D eigenvalue weighted by atomic mass is 9.53. The number of methoxy groups -OCH3 is 1. The van der Waals surface area contributed by atoms with E-state index in [0.717, 1.165) is 40.0 Å². The summed E-state index contributed by atoms with van der Waals surface area (Å²) in [6.45, 7) is 2.01. The van der Waals surface area contributed by atoms with Crippen molar-refractivity contribution >= 4 is 27.4 Å². The third-order valence-corrected chi connectivity index (χ3v) is 8.24. The number of nitrogens with zero attached hydrogens (tertiary/aromatic N) is 2. The molecule has 150 valence electrons. The number of thiophene rings is 1. The standard InChI is InChI=1S/C24H27N3OS/c1-14-25-22(27-24-10-15-7-16(11-24)9-17(8-15)12-24)21-20(13-29-23(21)26-14)18-3-5-19(28-2)6-4-18/h3-6,13,15-17H,7-12H2,1-2H3,(H,25,26,27). The average molecular weight is 406 g/mol. The Kier molecular flexibility index (Phi) is 3.92. The Hall–Kier alpha value is -2.14. The fourth-order valence-corrected chi connectivity index (χ4v) is 7.63. The summed E-state index contributed by atoms with van der Waals surface area (Å²) in [4.78, 5) is 10.8. The first kappa shape index (κ1) is 17.7. The topological polar surface area (TPSA) is 47.0 Å². The van der Waals surface area contributed by atoms with E-state index in [1.54, 1.807) is 18.4 Å². The minimum absolute atomic E-state index is 0.238. The van der Waals surface area contributed by atoms with E-state index < -0.39 is 0 Å². The largest absolute Gasteiger partial charge is 0.497 e. The van der Waals surface area contributed by atoms with Crippen molar-refractivity contribution in [2.24, 2.45) is 17.8 Å². The lowest BCUT2D eigenvalue weighted by molar-refractivity contribution is 0.0106. The van der Waals surface area contributed by atoms with E-state index in [1.165, 1.54) is 55.0 Å². The molecule has 1 N–H and O–H groups in total. The Morgan fingerprint density at radius 3 is 2.28 bits per heavy atom. The number of hydrogen-bond acceptors (Lipinski definition) is 5. The highest BCUT2D eigenvalue weighted by atomic mass is 32.1. The highest BCUT2D eigenvalue weighted by Crippen LogP contribution is 2.57. The van der Waals surface area contributed by atoms with Crippen LogP contribution in [0.5, 0.6) is 5.75 Å². The van der Waals surface area contributed by atoms with Crippen LogP contribution in [0.1, 0.15) is 44.3 Å². The van der Waals surface area contributed by atoms with Gasteiger partial charge in [-0.1, -0.05) is 12.1 Å². The first-order valence-electron chi connectivity index (χ1n) is 10.8. The van der Waals surface area contributed by atoms with E-state index in [1.807, 2.05) is 19.1 Å². The maximum atomic E-state index is 5.34. The van der Waals surface area contributed by atoms with Gasteiger partial charge in [0.1, 0.15) is 22.2 Å². The zero-order valence-corrected chi connectivity index (χ0v) is 17.9. The van der Waals surface area contributed by atoms with Crippen LogP contribution < -0.4 is 10.1 Å². The molecule has 3 aromatic rings. The number of aryl methyl sites for hydroxylation is 1. The molecule has 2 aromatic heterocycles. The molecular weight excluding hydrogens is 378 g/mol. The van der Waals surface area contributed by atoms with E-state index in [2.05, 4.69) is 22.8 Å². The number of benzene rings is 1. The summed E-state index contributed by atoms with van der Waals surface area (Å²) in [7, 11) is 1.71. The molecule has 4 nitrogen and oxygen atoms in total. The lowest BCUT2D eigenvalue weighted by Crippen LogP contribution is -2.54. The maximum absolute atomic E-state index is 5.34. The van der Waals surface area contributed by atoms with Crippen molar-refractivity contribution in [1.29, 1.82) is 0 Å². The van der Waals surface area contributed by atoms with Crippen LogP contribution in [0.3, 0.4) is 0 Å². The average Bonchev–Trinajstić information content (AvgIpc) is 3.10. The molecule has 0 unspecified atom stereocenters. The summed E-state index contributed by atoms with van der Waals surface area (Å²) in [6, 6.07) is 8.32. The molecule has 0 saturated heterocycles. The summed E-state index contributed by atoms with van der Waals surface area (Å²) < 4.78 is 5.34. The van der Waals surface area contributed by atoms with Crippen molar-refractivity contribution < 1.29 is 4.74 Å². The SMILES string of the molecule is COc1ccc(-c2csc3nc(C)nc(NC45CC6CC(CC(C6)C4)C5)c23)cc1. The van der Waals surface area contributed by atoms with Crippen molar-refractivity contribution in [3.8, 4) is 16.9 Å². The molecule has 29 heavy (non-hydrogen) atoms. The quantitative estimate of drug-likeness (QED) is 0.573. The number of aromatic nitrogens is 2. The van der Waals surface area contributed by atoms with E-state index in [0.29, 0.717) is 0 Å². The maximum Gasteiger partial charge on any atom is 0.139 e. The van der Waals surface area contributed by atoms with Gasteiger partial charge in [-0.25, -0.2) is 9.97 Å². The van der Waals surface area contributed by atoms with Gasteiger partial charge in [0.05, 0.1) is 12.5 Å². The first-order chi connectivity index (χ1) is 14.1. The first-order valence-corrected chi connectivity index (χ1v) is 11.7. The second kappa shape index (κ2) is 6.43. The van der Waals surface area contributed by atoms with Gasteiger partial charge in [0.15, 0.2) is 0 Å². The van der Waals surface area contributed by atoms with Crippen LogP contribution in [0.4, 0.5) is 5.82 Å². The van der Waals surface area contributed by atoms with Gasteiger partial charge in [-0.15, -0.1) is 11.3 Å². The summed E-state index contributed by atoms with van der Waals surface area (Å²) in [5.74, 6) is 5.52. The molecule has 0 atom stereocenters. The molecule has 0 spiro atoms. The molecule has 1 aromatic carbocycles. The molecule has 0 radical (unpaired) electrons. The van der Waals surface area contributed by atoms with Crippen LogP contribution in [0.25, 0.3) is 21.3 Å². The number of nitrogens with one attached hydrogen (secondary N) is 1. The van der Waals surface area contributed by atoms with E-state index in [4.69, 9.17) is 14.7 Å². The summed E-state index contributed by atoms with van der Waals surface area (Å²) in [5, 5.41) is 7.43. The van der Waals surface area contributed by atoms with Gasteiger partial charge < -0.3 is 10.1 Å². The smallest absolute Gasteiger partial charge is 0.139 e. The molecule has 4 aliphatic rings. The van der Waals surface area contributed by atoms with Gasteiger partial charge in [0, 0.05) is 16.5 Å². The molecule has 4 aliphatic carbocycles. The minimum atomic E-state index is 0.238. The van der Waals surface area contributed by atoms with Gasteiger partial charge in [0.25, 0.3) is 0 Å². The molecule has 7 rings (SSSR count). The number of ether oxygens (including phenoxy) is 1. The van der Waals surface area contributed by atoms with E-state index in [9.17, 15) is 0 Å². The highest BCUT2D eigenvalue weighted by molar-refractivity contribution is 7.17. The highest BCUT2D eigenvalue weighted by Gasteiger charge is 2.51. The third-order valence-electron chi connectivity index (χ3n) is 7.37. The zero-order chi connectivity index (χ0) is 19.6. The van der Waals surface area contributed by atoms with Gasteiger partial charge in [-0.2, -0.15) is 0 Å². The van der Waals surface area contributed by atoms with Crippen molar-refractivity contribution in [2.75, 3.05) is 12.4 Å². The number of fused-ring (bicyclic) bond motifs is 1. The Morgan fingerprint density at radius 2 is 1.66 bits per heavy atom. The number of hydrogen-bond donors (Lipinski definition) is 1. The molecule has 0 aliphatic heterocycles. The molecule has 4 bridgehead atoms. The van der Waals surface area contributed by atoms with Crippen LogP contribution >= 0.6 is 11.3 Å². The van der Waals surface area contributed by atoms with E-state index >= 15 is 0 Å². The minimum Gasteiger partial charge on any atom is -0.497 e. The fraction of sp³-hybridized carbons (Fsp3) is 0.500. The van der Waals surface area contributed by atoms with Crippen molar-refractivity contribution in [1.82, 2.24) is 9.97 Å². The normalized spacial score (nSPS) is 30.1. The predicted molar refractivity (Wildman–Crippen MR) is 119 cm³/mol. The molecule has 2 heterocycles.